The SMILES string of the molecule is CCCCCCCCC/C=C/CC/C=C/[C@@H](O)[C@@H]([NH3+])CO. The van der Waals surface area contributed by atoms with Gasteiger partial charge in [0, 0.05) is 0 Å². The highest BCUT2D eigenvalue weighted by molar-refractivity contribution is 4.93. The number of aliphatic hydroxyl groups excluding tert-OH is 2. The average Bonchev–Trinajstić information content (AvgIpc) is 2.50. The van der Waals surface area contributed by atoms with Crippen LogP contribution in [-0.4, -0.2) is 29.0 Å². The molecule has 0 aromatic carbocycles. The van der Waals surface area contributed by atoms with Crippen molar-refractivity contribution in [3.63, 3.8) is 0 Å². The Morgan fingerprint density at radius 3 is 2.10 bits per heavy atom. The van der Waals surface area contributed by atoms with Gasteiger partial charge in [-0.1, -0.05) is 69.8 Å². The highest BCUT2D eigenvalue weighted by Gasteiger charge is 2.12. The normalized spacial score (nSPS) is 15.0. The molecule has 3 heteroatoms. The first-order valence-electron chi connectivity index (χ1n) is 8.66. The maximum Gasteiger partial charge on any atom is 0.138 e. The van der Waals surface area contributed by atoms with E-state index in [0.29, 0.717) is 0 Å². The second-order valence-electron chi connectivity index (χ2n) is 5.82. The van der Waals surface area contributed by atoms with Gasteiger partial charge in [-0.05, 0) is 25.7 Å². The van der Waals surface area contributed by atoms with Crippen LogP contribution in [0.1, 0.15) is 71.1 Å². The minimum absolute atomic E-state index is 0.0795. The van der Waals surface area contributed by atoms with E-state index in [2.05, 4.69) is 24.8 Å². The lowest BCUT2D eigenvalue weighted by atomic mass is 10.1. The number of hydrogen-bond donors (Lipinski definition) is 3. The Morgan fingerprint density at radius 2 is 1.43 bits per heavy atom. The molecule has 0 fully saturated rings. The van der Waals surface area contributed by atoms with Crippen molar-refractivity contribution < 1.29 is 15.9 Å². The van der Waals surface area contributed by atoms with E-state index < -0.39 is 6.10 Å². The number of quaternary nitrogens is 1. The average molecular weight is 298 g/mol. The summed E-state index contributed by atoms with van der Waals surface area (Å²) in [5.41, 5.74) is 3.67. The van der Waals surface area contributed by atoms with Crippen molar-refractivity contribution in [3.8, 4) is 0 Å². The lowest BCUT2D eigenvalue weighted by molar-refractivity contribution is -0.438. The molecule has 0 radical (unpaired) electrons. The summed E-state index contributed by atoms with van der Waals surface area (Å²) in [5, 5.41) is 18.4. The quantitative estimate of drug-likeness (QED) is 0.341. The van der Waals surface area contributed by atoms with Crippen LogP contribution in [-0.2, 0) is 0 Å². The van der Waals surface area contributed by atoms with Crippen LogP contribution in [0.5, 0.6) is 0 Å². The summed E-state index contributed by atoms with van der Waals surface area (Å²) in [5.74, 6) is 0. The molecule has 0 saturated heterocycles. The largest absolute Gasteiger partial charge is 0.390 e. The molecule has 0 aromatic heterocycles. The molecule has 0 aromatic rings. The second-order valence-corrected chi connectivity index (χ2v) is 5.82. The summed E-state index contributed by atoms with van der Waals surface area (Å²) in [6, 6.07) is -0.325. The van der Waals surface area contributed by atoms with Crippen molar-refractivity contribution in [3.05, 3.63) is 24.3 Å². The Morgan fingerprint density at radius 1 is 0.857 bits per heavy atom. The zero-order valence-corrected chi connectivity index (χ0v) is 13.8. The summed E-state index contributed by atoms with van der Waals surface area (Å²) >= 11 is 0. The van der Waals surface area contributed by atoms with Crippen LogP contribution in [0.25, 0.3) is 0 Å². The Hall–Kier alpha value is -0.640. The van der Waals surface area contributed by atoms with Gasteiger partial charge in [0.1, 0.15) is 12.1 Å². The summed E-state index contributed by atoms with van der Waals surface area (Å²) < 4.78 is 0. The lowest BCUT2D eigenvalue weighted by Crippen LogP contribution is -2.67. The molecule has 0 unspecified atom stereocenters. The highest BCUT2D eigenvalue weighted by Crippen LogP contribution is 2.08. The molecule has 0 bridgehead atoms. The van der Waals surface area contributed by atoms with Crippen molar-refractivity contribution in [1.29, 1.82) is 0 Å². The molecule has 2 atom stereocenters. The monoisotopic (exact) mass is 298 g/mol. The van der Waals surface area contributed by atoms with Crippen molar-refractivity contribution in [2.24, 2.45) is 0 Å². The van der Waals surface area contributed by atoms with E-state index in [-0.39, 0.29) is 12.6 Å². The Labute approximate surface area is 130 Å². The van der Waals surface area contributed by atoms with Gasteiger partial charge in [-0.2, -0.15) is 0 Å². The minimum atomic E-state index is -0.633. The van der Waals surface area contributed by atoms with Crippen LogP contribution in [0.15, 0.2) is 24.3 Å². The number of rotatable bonds is 14. The Balaban J connectivity index is 3.35. The van der Waals surface area contributed by atoms with Gasteiger partial charge in [0.2, 0.25) is 0 Å². The van der Waals surface area contributed by atoms with Gasteiger partial charge >= 0.3 is 0 Å². The standard InChI is InChI=1S/C18H35NO2/c1-2-3-4-5-6-7-8-9-10-11-12-13-14-15-18(21)17(19)16-20/h10-11,14-15,17-18,20-21H,2-9,12-13,16,19H2,1H3/p+1/b11-10+,15-14+/t17-,18+/m0/s1. The van der Waals surface area contributed by atoms with Crippen LogP contribution >= 0.6 is 0 Å². The topological polar surface area (TPSA) is 68.1 Å². The summed E-state index contributed by atoms with van der Waals surface area (Å²) in [6.45, 7) is 2.18. The van der Waals surface area contributed by atoms with Crippen LogP contribution in [0, 0.1) is 0 Å². The molecule has 3 nitrogen and oxygen atoms in total. The lowest BCUT2D eigenvalue weighted by Gasteiger charge is -2.08. The third-order valence-electron chi connectivity index (χ3n) is 3.69. The van der Waals surface area contributed by atoms with Gasteiger partial charge in [0.25, 0.3) is 0 Å². The van der Waals surface area contributed by atoms with Crippen molar-refractivity contribution in [2.45, 2.75) is 83.3 Å². The van der Waals surface area contributed by atoms with Gasteiger partial charge in [-0.25, -0.2) is 0 Å². The molecule has 0 heterocycles. The van der Waals surface area contributed by atoms with Crippen molar-refractivity contribution >= 4 is 0 Å². The second kappa shape index (κ2) is 15.7. The fraction of sp³-hybridized carbons (Fsp3) is 0.778. The van der Waals surface area contributed by atoms with Crippen LogP contribution in [0.4, 0.5) is 0 Å². The van der Waals surface area contributed by atoms with E-state index in [1.807, 2.05) is 6.08 Å². The molecule has 0 aliphatic carbocycles. The maximum absolute atomic E-state index is 9.57. The van der Waals surface area contributed by atoms with Gasteiger partial charge in [-0.15, -0.1) is 0 Å². The van der Waals surface area contributed by atoms with E-state index in [1.165, 1.54) is 51.4 Å². The summed E-state index contributed by atoms with van der Waals surface area (Å²) in [6.07, 6.45) is 20.2. The molecule has 21 heavy (non-hydrogen) atoms. The maximum atomic E-state index is 9.57. The van der Waals surface area contributed by atoms with Gasteiger partial charge in [-0.3, -0.25) is 0 Å². The molecule has 5 N–H and O–H groups in total. The third kappa shape index (κ3) is 14.1. The predicted molar refractivity (Wildman–Crippen MR) is 89.9 cm³/mol. The number of hydrogen-bond acceptors (Lipinski definition) is 2. The third-order valence-corrected chi connectivity index (χ3v) is 3.69. The Kier molecular flexibility index (Phi) is 15.3. The van der Waals surface area contributed by atoms with E-state index in [4.69, 9.17) is 5.11 Å². The first-order valence-corrected chi connectivity index (χ1v) is 8.66. The highest BCUT2D eigenvalue weighted by atomic mass is 16.3. The fourth-order valence-corrected chi connectivity index (χ4v) is 2.15. The molecule has 0 aliphatic rings. The van der Waals surface area contributed by atoms with Crippen LogP contribution < -0.4 is 5.73 Å². The summed E-state index contributed by atoms with van der Waals surface area (Å²) in [4.78, 5) is 0. The zero-order chi connectivity index (χ0) is 15.8. The van der Waals surface area contributed by atoms with E-state index >= 15 is 0 Å². The van der Waals surface area contributed by atoms with Gasteiger partial charge < -0.3 is 15.9 Å². The molecule has 0 rings (SSSR count). The summed E-state index contributed by atoms with van der Waals surface area (Å²) in [7, 11) is 0. The van der Waals surface area contributed by atoms with Gasteiger partial charge in [0.15, 0.2) is 0 Å². The Bertz CT molecular complexity index is 264. The molecule has 0 amide bonds. The molecule has 124 valence electrons. The number of unbranched alkanes of at least 4 members (excludes halogenated alkanes) is 8. The molecular weight excluding hydrogens is 262 g/mol. The van der Waals surface area contributed by atoms with Gasteiger partial charge in [0.05, 0.1) is 6.61 Å². The van der Waals surface area contributed by atoms with E-state index in [0.717, 1.165) is 12.8 Å². The van der Waals surface area contributed by atoms with E-state index in [9.17, 15) is 5.11 Å². The molecule has 0 spiro atoms. The van der Waals surface area contributed by atoms with Crippen LogP contribution in [0.2, 0.25) is 0 Å². The number of allylic oxidation sites excluding steroid dienone is 3. The molecule has 0 saturated carbocycles. The van der Waals surface area contributed by atoms with E-state index in [1.54, 1.807) is 6.08 Å². The molecular formula is C18H36NO2+. The smallest absolute Gasteiger partial charge is 0.138 e. The minimum Gasteiger partial charge on any atom is -0.390 e. The predicted octanol–water partition coefficient (Wildman–Crippen LogP) is 2.98. The van der Waals surface area contributed by atoms with Crippen molar-refractivity contribution in [2.75, 3.05) is 6.61 Å². The zero-order valence-electron chi connectivity index (χ0n) is 13.8. The first-order chi connectivity index (χ1) is 10.2. The number of aliphatic hydroxyl groups is 2. The van der Waals surface area contributed by atoms with Crippen LogP contribution in [0.3, 0.4) is 0 Å². The molecule has 0 aliphatic heterocycles. The van der Waals surface area contributed by atoms with Crippen molar-refractivity contribution in [1.82, 2.24) is 0 Å². The fourth-order valence-electron chi connectivity index (χ4n) is 2.15. The first kappa shape index (κ1) is 20.4.